The van der Waals surface area contributed by atoms with E-state index >= 15 is 0 Å². The van der Waals surface area contributed by atoms with Crippen molar-refractivity contribution in [3.8, 4) is 0 Å². The third-order valence-corrected chi connectivity index (χ3v) is 4.54. The molecular formula is C15H23N7O4. The quantitative estimate of drug-likeness (QED) is 0.406. The van der Waals surface area contributed by atoms with Crippen LogP contribution in [0.15, 0.2) is 12.7 Å². The summed E-state index contributed by atoms with van der Waals surface area (Å²) in [6.45, 7) is 3.23. The van der Waals surface area contributed by atoms with Gasteiger partial charge in [0.2, 0.25) is 5.91 Å². The summed E-state index contributed by atoms with van der Waals surface area (Å²) in [7, 11) is 0. The van der Waals surface area contributed by atoms with Crippen molar-refractivity contribution < 1.29 is 19.7 Å². The van der Waals surface area contributed by atoms with Gasteiger partial charge in [-0.2, -0.15) is 0 Å². The molecule has 1 saturated heterocycles. The van der Waals surface area contributed by atoms with Crippen LogP contribution in [0.5, 0.6) is 0 Å². The first-order valence-corrected chi connectivity index (χ1v) is 8.28. The number of carbonyl (C=O) groups is 1. The first kappa shape index (κ1) is 18.5. The van der Waals surface area contributed by atoms with Gasteiger partial charge in [0.1, 0.15) is 30.1 Å². The molecule has 1 fully saturated rings. The lowest BCUT2D eigenvalue weighted by molar-refractivity contribution is -0.125. The predicted molar refractivity (Wildman–Crippen MR) is 91.5 cm³/mol. The van der Waals surface area contributed by atoms with Gasteiger partial charge in [0, 0.05) is 0 Å². The fraction of sp³-hybridized carbons (Fsp3) is 0.600. The van der Waals surface area contributed by atoms with E-state index in [-0.39, 0.29) is 11.7 Å². The van der Waals surface area contributed by atoms with Gasteiger partial charge in [-0.05, 0) is 5.92 Å². The Labute approximate surface area is 149 Å². The Bertz CT molecular complexity index is 795. The molecule has 3 rings (SSSR count). The zero-order valence-electron chi connectivity index (χ0n) is 14.5. The number of aliphatic hydroxyl groups is 2. The molecule has 1 aliphatic heterocycles. The number of carbonyl (C=O) groups excluding carboxylic acids is 1. The highest BCUT2D eigenvalue weighted by atomic mass is 16.5. The maximum absolute atomic E-state index is 12.4. The first-order valence-electron chi connectivity index (χ1n) is 8.28. The number of anilines is 1. The number of fused-ring (bicyclic) bond motifs is 1. The molecule has 2 aromatic rings. The average molecular weight is 365 g/mol. The van der Waals surface area contributed by atoms with Crippen LogP contribution in [-0.2, 0) is 9.53 Å². The molecule has 0 spiro atoms. The van der Waals surface area contributed by atoms with Gasteiger partial charge in [-0.1, -0.05) is 13.8 Å². The minimum absolute atomic E-state index is 0.0804. The van der Waals surface area contributed by atoms with Crippen LogP contribution in [0.25, 0.3) is 11.2 Å². The van der Waals surface area contributed by atoms with Crippen molar-refractivity contribution in [3.05, 3.63) is 12.7 Å². The summed E-state index contributed by atoms with van der Waals surface area (Å²) in [6.07, 6.45) is -0.131. The van der Waals surface area contributed by atoms with Gasteiger partial charge in [-0.25, -0.2) is 15.0 Å². The number of nitrogens with one attached hydrogen (secondary N) is 1. The highest BCUT2D eigenvalue weighted by Gasteiger charge is 2.46. The van der Waals surface area contributed by atoms with Gasteiger partial charge in [0.25, 0.3) is 0 Å². The van der Waals surface area contributed by atoms with Gasteiger partial charge in [-0.15, -0.1) is 0 Å². The highest BCUT2D eigenvalue weighted by molar-refractivity contribution is 5.82. The van der Waals surface area contributed by atoms with Crippen LogP contribution < -0.4 is 16.8 Å². The van der Waals surface area contributed by atoms with Crippen LogP contribution in [0.1, 0.15) is 20.1 Å². The van der Waals surface area contributed by atoms with Gasteiger partial charge >= 0.3 is 0 Å². The van der Waals surface area contributed by atoms with Crippen LogP contribution in [0.3, 0.4) is 0 Å². The Morgan fingerprint density at radius 1 is 1.42 bits per heavy atom. The van der Waals surface area contributed by atoms with Crippen molar-refractivity contribution >= 4 is 22.9 Å². The van der Waals surface area contributed by atoms with E-state index in [0.717, 1.165) is 0 Å². The summed E-state index contributed by atoms with van der Waals surface area (Å²) in [4.78, 5) is 24.6. The molecule has 0 aromatic carbocycles. The van der Waals surface area contributed by atoms with E-state index in [1.54, 1.807) is 0 Å². The lowest BCUT2D eigenvalue weighted by atomic mass is 10.0. The molecule has 0 saturated carbocycles. The minimum atomic E-state index is -1.13. The average Bonchev–Trinajstić information content (AvgIpc) is 3.17. The molecule has 5 atom stereocenters. The summed E-state index contributed by atoms with van der Waals surface area (Å²) < 4.78 is 7.27. The number of hydrogen-bond acceptors (Lipinski definition) is 9. The molecule has 7 N–H and O–H groups in total. The zero-order valence-corrected chi connectivity index (χ0v) is 14.5. The summed E-state index contributed by atoms with van der Waals surface area (Å²) in [6, 6.07) is -1.59. The number of hydrogen-bond donors (Lipinski definition) is 5. The molecule has 26 heavy (non-hydrogen) atoms. The molecule has 3 heterocycles. The molecule has 1 amide bonds. The maximum atomic E-state index is 12.4. The second-order valence-electron chi connectivity index (χ2n) is 6.63. The summed E-state index contributed by atoms with van der Waals surface area (Å²) in [5.74, 6) is -0.300. The number of aromatic nitrogens is 4. The normalized spacial score (nSPS) is 27.2. The lowest BCUT2D eigenvalue weighted by Crippen LogP contribution is -2.53. The van der Waals surface area contributed by atoms with Crippen LogP contribution in [-0.4, -0.2) is 66.5 Å². The zero-order chi connectivity index (χ0) is 19.0. The largest absolute Gasteiger partial charge is 0.394 e. The number of ether oxygens (including phenoxy) is 1. The van der Waals surface area contributed by atoms with E-state index in [9.17, 15) is 15.0 Å². The third-order valence-electron chi connectivity index (χ3n) is 4.54. The maximum Gasteiger partial charge on any atom is 0.237 e. The topological polar surface area (TPSA) is 174 Å². The van der Waals surface area contributed by atoms with Gasteiger partial charge in [-0.3, -0.25) is 9.36 Å². The second-order valence-corrected chi connectivity index (χ2v) is 6.63. The molecule has 0 unspecified atom stereocenters. The predicted octanol–water partition coefficient (Wildman–Crippen LogP) is -1.87. The van der Waals surface area contributed by atoms with E-state index in [1.165, 1.54) is 17.2 Å². The van der Waals surface area contributed by atoms with E-state index in [4.69, 9.17) is 16.2 Å². The summed E-state index contributed by atoms with van der Waals surface area (Å²) in [5, 5.41) is 22.7. The van der Waals surface area contributed by atoms with Crippen LogP contribution in [0.4, 0.5) is 5.82 Å². The Morgan fingerprint density at radius 2 is 2.15 bits per heavy atom. The van der Waals surface area contributed by atoms with Crippen molar-refractivity contribution in [1.29, 1.82) is 0 Å². The van der Waals surface area contributed by atoms with E-state index < -0.39 is 43.0 Å². The SMILES string of the molecule is CC(C)[C@H](N)C(=O)N[C@@H]1[C@H](O)[C@@H](CO)O[C@H]1n1cnc2c(N)ncnc21. The van der Waals surface area contributed by atoms with E-state index in [0.29, 0.717) is 11.2 Å². The Kier molecular flexibility index (Phi) is 5.05. The monoisotopic (exact) mass is 365 g/mol. The van der Waals surface area contributed by atoms with Crippen molar-refractivity contribution in [2.24, 2.45) is 11.7 Å². The fourth-order valence-electron chi connectivity index (χ4n) is 2.91. The van der Waals surface area contributed by atoms with Crippen molar-refractivity contribution in [3.63, 3.8) is 0 Å². The highest BCUT2D eigenvalue weighted by Crippen LogP contribution is 2.32. The van der Waals surface area contributed by atoms with E-state index in [1.807, 2.05) is 13.8 Å². The van der Waals surface area contributed by atoms with Crippen molar-refractivity contribution in [2.45, 2.75) is 44.4 Å². The second kappa shape index (κ2) is 7.11. The summed E-state index contributed by atoms with van der Waals surface area (Å²) >= 11 is 0. The summed E-state index contributed by atoms with van der Waals surface area (Å²) in [5.41, 5.74) is 12.4. The molecule has 0 bridgehead atoms. The number of imidazole rings is 1. The lowest BCUT2D eigenvalue weighted by Gasteiger charge is -2.25. The number of nitrogen functional groups attached to an aromatic ring is 1. The number of rotatable bonds is 5. The number of amides is 1. The van der Waals surface area contributed by atoms with Gasteiger partial charge < -0.3 is 31.7 Å². The molecule has 142 valence electrons. The molecule has 0 aliphatic carbocycles. The standard InChI is InChI=1S/C15H23N7O4/c1-6(2)8(16)14(25)21-9-11(24)7(3-23)26-15(9)22-5-20-10-12(17)18-4-19-13(10)22/h4-9,11,15,23-24H,3,16H2,1-2H3,(H,21,25)(H2,17,18,19)/t7-,8+,9-,11-,15-/m1/s1. The molecule has 0 radical (unpaired) electrons. The smallest absolute Gasteiger partial charge is 0.237 e. The Hall–Kier alpha value is -2.34. The molecule has 11 heteroatoms. The van der Waals surface area contributed by atoms with E-state index in [2.05, 4.69) is 20.3 Å². The van der Waals surface area contributed by atoms with Gasteiger partial charge in [0.15, 0.2) is 17.7 Å². The number of nitrogens with two attached hydrogens (primary N) is 2. The minimum Gasteiger partial charge on any atom is -0.394 e. The van der Waals surface area contributed by atoms with Gasteiger partial charge in [0.05, 0.1) is 19.0 Å². The molecule has 1 aliphatic rings. The van der Waals surface area contributed by atoms with Crippen molar-refractivity contribution in [2.75, 3.05) is 12.3 Å². The Balaban J connectivity index is 1.94. The first-order chi connectivity index (χ1) is 12.3. The Morgan fingerprint density at radius 3 is 2.81 bits per heavy atom. The van der Waals surface area contributed by atoms with Crippen LogP contribution >= 0.6 is 0 Å². The third kappa shape index (κ3) is 3.09. The number of aliphatic hydroxyl groups excluding tert-OH is 2. The number of nitrogens with zero attached hydrogens (tertiary/aromatic N) is 4. The fourth-order valence-corrected chi connectivity index (χ4v) is 2.91. The van der Waals surface area contributed by atoms with Crippen LogP contribution in [0.2, 0.25) is 0 Å². The van der Waals surface area contributed by atoms with Crippen molar-refractivity contribution in [1.82, 2.24) is 24.8 Å². The molecular weight excluding hydrogens is 342 g/mol. The molecule has 2 aromatic heterocycles. The van der Waals surface area contributed by atoms with Crippen LogP contribution in [0, 0.1) is 5.92 Å². The molecule has 11 nitrogen and oxygen atoms in total.